The molecule has 3 N–H and O–H groups in total. The number of benzene rings is 2. The van der Waals surface area contributed by atoms with Crippen LogP contribution in [0.3, 0.4) is 0 Å². The number of anilines is 1. The van der Waals surface area contributed by atoms with Gasteiger partial charge in [-0.2, -0.15) is 0 Å². The molecule has 0 atom stereocenters. The Labute approximate surface area is 131 Å². The number of carbonyl (C=O) groups is 3. The van der Waals surface area contributed by atoms with E-state index >= 15 is 0 Å². The molecule has 2 rings (SSSR count). The molecule has 0 fully saturated rings. The second-order valence-corrected chi connectivity index (χ2v) is 4.63. The van der Waals surface area contributed by atoms with Gasteiger partial charge in [0.2, 0.25) is 0 Å². The monoisotopic (exact) mass is 315 g/mol. The predicted octanol–water partition coefficient (Wildman–Crippen LogP) is 3.00. The molecular weight excluding hydrogens is 302 g/mol. The fourth-order valence-corrected chi connectivity index (χ4v) is 1.97. The van der Waals surface area contributed by atoms with E-state index in [1.54, 1.807) is 30.3 Å². The summed E-state index contributed by atoms with van der Waals surface area (Å²) in [6.07, 6.45) is -0.854. The van der Waals surface area contributed by atoms with E-state index in [1.165, 1.54) is 19.1 Å². The van der Waals surface area contributed by atoms with Gasteiger partial charge in [-0.25, -0.2) is 14.4 Å². The zero-order chi connectivity index (χ0) is 17.0. The Hall–Kier alpha value is -3.35. The van der Waals surface area contributed by atoms with Gasteiger partial charge in [0.15, 0.2) is 0 Å². The molecule has 0 aliphatic carbocycles. The van der Waals surface area contributed by atoms with Crippen molar-refractivity contribution < 1.29 is 29.3 Å². The fourth-order valence-electron chi connectivity index (χ4n) is 1.97. The van der Waals surface area contributed by atoms with Gasteiger partial charge < -0.3 is 14.9 Å². The highest BCUT2D eigenvalue weighted by atomic mass is 16.6. The summed E-state index contributed by atoms with van der Waals surface area (Å²) in [4.78, 5) is 34.2. The summed E-state index contributed by atoms with van der Waals surface area (Å²) in [5.41, 5.74) is -0.293. The lowest BCUT2D eigenvalue weighted by atomic mass is 10.0. The molecular formula is C16H13NO6. The number of carbonyl (C=O) groups excluding carboxylic acids is 1. The Morgan fingerprint density at radius 1 is 0.957 bits per heavy atom. The van der Waals surface area contributed by atoms with Crippen LogP contribution in [0.2, 0.25) is 0 Å². The smallest absolute Gasteiger partial charge is 0.417 e. The molecule has 23 heavy (non-hydrogen) atoms. The maximum Gasteiger partial charge on any atom is 0.417 e. The van der Waals surface area contributed by atoms with Crippen molar-refractivity contribution in [2.45, 2.75) is 6.92 Å². The van der Waals surface area contributed by atoms with Crippen LogP contribution in [0.5, 0.6) is 5.75 Å². The Balaban J connectivity index is 2.27. The van der Waals surface area contributed by atoms with E-state index < -0.39 is 18.0 Å². The summed E-state index contributed by atoms with van der Waals surface area (Å²) in [6.45, 7) is 1.39. The second kappa shape index (κ2) is 6.61. The third-order valence-corrected chi connectivity index (χ3v) is 3.07. The van der Waals surface area contributed by atoms with E-state index in [4.69, 9.17) is 14.9 Å². The first-order valence-electron chi connectivity index (χ1n) is 6.53. The van der Waals surface area contributed by atoms with E-state index in [0.717, 1.165) is 0 Å². The third-order valence-electron chi connectivity index (χ3n) is 3.07. The number of amides is 1. The van der Waals surface area contributed by atoms with Crippen LogP contribution in [0, 0.1) is 6.92 Å². The van der Waals surface area contributed by atoms with Gasteiger partial charge in [0.1, 0.15) is 5.75 Å². The summed E-state index contributed by atoms with van der Waals surface area (Å²) < 4.78 is 5.00. The van der Waals surface area contributed by atoms with E-state index in [2.05, 4.69) is 5.32 Å². The summed E-state index contributed by atoms with van der Waals surface area (Å²) in [5.74, 6) is -2.27. The van der Waals surface area contributed by atoms with Crippen LogP contribution < -0.4 is 10.1 Å². The predicted molar refractivity (Wildman–Crippen MR) is 81.2 cm³/mol. The minimum atomic E-state index is -1.29. The first-order chi connectivity index (χ1) is 10.9. The molecule has 7 nitrogen and oxygen atoms in total. The van der Waals surface area contributed by atoms with Crippen molar-refractivity contribution in [2.24, 2.45) is 0 Å². The van der Waals surface area contributed by atoms with E-state index in [1.807, 2.05) is 0 Å². The topological polar surface area (TPSA) is 113 Å². The van der Waals surface area contributed by atoms with Crippen LogP contribution >= 0.6 is 0 Å². The summed E-state index contributed by atoms with van der Waals surface area (Å²) in [5, 5.41) is 20.6. The number of nitrogens with one attached hydrogen (secondary N) is 1. The maximum absolute atomic E-state index is 11.8. The van der Waals surface area contributed by atoms with Crippen LogP contribution in [-0.4, -0.2) is 28.2 Å². The maximum atomic E-state index is 11.8. The highest BCUT2D eigenvalue weighted by molar-refractivity contribution is 5.99. The minimum absolute atomic E-state index is 0.0198. The highest BCUT2D eigenvalue weighted by Gasteiger charge is 2.18. The van der Waals surface area contributed by atoms with Crippen LogP contribution in [0.25, 0.3) is 0 Å². The van der Waals surface area contributed by atoms with Gasteiger partial charge in [0.25, 0.3) is 0 Å². The first-order valence-corrected chi connectivity index (χ1v) is 6.53. The largest absolute Gasteiger partial charge is 0.478 e. The van der Waals surface area contributed by atoms with Gasteiger partial charge in [-0.3, -0.25) is 5.32 Å². The zero-order valence-corrected chi connectivity index (χ0v) is 12.1. The molecule has 0 aromatic heterocycles. The fraction of sp³-hybridized carbons (Fsp3) is 0.0625. The van der Waals surface area contributed by atoms with E-state index in [0.29, 0.717) is 5.75 Å². The van der Waals surface area contributed by atoms with Crippen molar-refractivity contribution in [1.29, 1.82) is 0 Å². The molecule has 1 amide bonds. The van der Waals surface area contributed by atoms with Crippen molar-refractivity contribution in [2.75, 3.05) is 5.32 Å². The van der Waals surface area contributed by atoms with Gasteiger partial charge in [-0.1, -0.05) is 18.2 Å². The van der Waals surface area contributed by atoms with Crippen molar-refractivity contribution in [3.63, 3.8) is 0 Å². The Kier molecular flexibility index (Phi) is 4.61. The molecule has 0 bridgehead atoms. The van der Waals surface area contributed by atoms with Gasteiger partial charge in [-0.05, 0) is 36.8 Å². The summed E-state index contributed by atoms with van der Waals surface area (Å²) >= 11 is 0. The number of carboxylic acids is 2. The number of para-hydroxylation sites is 1. The molecule has 0 spiro atoms. The standard InChI is InChI=1S/C16H13NO6/c1-9-12(14(18)19)7-10(8-13(9)15(20)21)17-16(22)23-11-5-3-2-4-6-11/h2-8H,1H3,(H,17,22)(H,18,19)(H,20,21). The molecule has 0 aliphatic rings. The third kappa shape index (κ3) is 3.85. The molecule has 0 saturated carbocycles. The quantitative estimate of drug-likeness (QED) is 0.799. The van der Waals surface area contributed by atoms with Crippen molar-refractivity contribution in [3.8, 4) is 5.75 Å². The highest BCUT2D eigenvalue weighted by Crippen LogP contribution is 2.21. The van der Waals surface area contributed by atoms with Crippen LogP contribution in [-0.2, 0) is 0 Å². The lowest BCUT2D eigenvalue weighted by Gasteiger charge is -2.11. The number of ether oxygens (including phenoxy) is 1. The van der Waals surface area contributed by atoms with Crippen molar-refractivity contribution in [3.05, 3.63) is 59.2 Å². The van der Waals surface area contributed by atoms with Gasteiger partial charge in [-0.15, -0.1) is 0 Å². The second-order valence-electron chi connectivity index (χ2n) is 4.63. The van der Waals surface area contributed by atoms with Gasteiger partial charge in [0.05, 0.1) is 11.1 Å². The molecule has 0 heterocycles. The van der Waals surface area contributed by atoms with E-state index in [9.17, 15) is 14.4 Å². The lowest BCUT2D eigenvalue weighted by molar-refractivity contribution is 0.0696. The molecule has 0 radical (unpaired) electrons. The normalized spacial score (nSPS) is 9.96. The SMILES string of the molecule is Cc1c(C(=O)O)cc(NC(=O)Oc2ccccc2)cc1C(=O)O. The number of hydrogen-bond donors (Lipinski definition) is 3. The molecule has 0 unspecified atom stereocenters. The van der Waals surface area contributed by atoms with Gasteiger partial charge in [0, 0.05) is 5.69 Å². The van der Waals surface area contributed by atoms with Crippen molar-refractivity contribution in [1.82, 2.24) is 0 Å². The molecule has 2 aromatic carbocycles. The Morgan fingerprint density at radius 3 is 1.96 bits per heavy atom. The van der Waals surface area contributed by atoms with Crippen LogP contribution in [0.1, 0.15) is 26.3 Å². The summed E-state index contributed by atoms with van der Waals surface area (Å²) in [7, 11) is 0. The molecule has 2 aromatic rings. The van der Waals surface area contributed by atoms with Gasteiger partial charge >= 0.3 is 18.0 Å². The Morgan fingerprint density at radius 2 is 1.48 bits per heavy atom. The number of rotatable bonds is 4. The number of hydrogen-bond acceptors (Lipinski definition) is 4. The molecule has 0 saturated heterocycles. The minimum Gasteiger partial charge on any atom is -0.478 e. The first kappa shape index (κ1) is 16.0. The molecule has 7 heteroatoms. The number of carboxylic acid groups (broad SMARTS) is 2. The molecule has 0 aliphatic heterocycles. The van der Waals surface area contributed by atoms with Crippen LogP contribution in [0.4, 0.5) is 10.5 Å². The average Bonchev–Trinajstić information content (AvgIpc) is 2.49. The Bertz CT molecular complexity index is 734. The molecule has 118 valence electrons. The van der Waals surface area contributed by atoms with Crippen molar-refractivity contribution >= 4 is 23.7 Å². The van der Waals surface area contributed by atoms with E-state index in [-0.39, 0.29) is 22.4 Å². The lowest BCUT2D eigenvalue weighted by Crippen LogP contribution is -2.18. The average molecular weight is 315 g/mol. The number of aromatic carboxylic acids is 2. The summed E-state index contributed by atoms with van der Waals surface area (Å²) in [6, 6.07) is 10.6. The van der Waals surface area contributed by atoms with Crippen LogP contribution in [0.15, 0.2) is 42.5 Å². The zero-order valence-electron chi connectivity index (χ0n) is 12.1.